The molecule has 24 heavy (non-hydrogen) atoms. The minimum absolute atomic E-state index is 0.383. The first-order valence-electron chi connectivity index (χ1n) is 7.11. The molecule has 0 saturated carbocycles. The summed E-state index contributed by atoms with van der Waals surface area (Å²) in [5.41, 5.74) is 3.75. The molecule has 0 unspecified atom stereocenters. The number of esters is 1. The van der Waals surface area contributed by atoms with Crippen LogP contribution in [0, 0.1) is 0 Å². The molecule has 6 nitrogen and oxygen atoms in total. The van der Waals surface area contributed by atoms with Gasteiger partial charge < -0.3 is 14.5 Å². The highest BCUT2D eigenvalue weighted by atomic mass is 32.1. The second kappa shape index (κ2) is 8.64. The van der Waals surface area contributed by atoms with E-state index in [1.165, 1.54) is 13.3 Å². The number of thiocarbonyl (C=S) groups is 1. The predicted molar refractivity (Wildman–Crippen MR) is 97.0 cm³/mol. The molecule has 2 N–H and O–H groups in total. The molecule has 7 heteroatoms. The lowest BCUT2D eigenvalue weighted by Crippen LogP contribution is -2.31. The molecule has 0 bridgehead atoms. The maximum absolute atomic E-state index is 11.8. The van der Waals surface area contributed by atoms with Crippen LogP contribution in [0.4, 0.5) is 0 Å². The molecule has 0 radical (unpaired) electrons. The molecule has 124 valence electrons. The highest BCUT2D eigenvalue weighted by Crippen LogP contribution is 2.25. The molecule has 0 fully saturated rings. The minimum atomic E-state index is -0.419. The molecular weight excluding hydrogens is 326 g/mol. The Kier molecular flexibility index (Phi) is 6.27. The van der Waals surface area contributed by atoms with Crippen LogP contribution in [0.2, 0.25) is 0 Å². The molecule has 2 rings (SSSR count). The van der Waals surface area contributed by atoms with Crippen LogP contribution >= 0.6 is 12.2 Å². The molecule has 0 amide bonds. The van der Waals surface area contributed by atoms with Gasteiger partial charge in [0.05, 0.1) is 18.9 Å². The topological polar surface area (TPSA) is 75.9 Å². The number of carbonyl (C=O) groups is 1. The van der Waals surface area contributed by atoms with Crippen LogP contribution in [0.15, 0.2) is 58.6 Å². The van der Waals surface area contributed by atoms with Crippen LogP contribution in [-0.2, 0) is 4.74 Å². The zero-order chi connectivity index (χ0) is 17.4. The van der Waals surface area contributed by atoms with Gasteiger partial charge in [-0.25, -0.2) is 4.79 Å². The summed E-state index contributed by atoms with van der Waals surface area (Å²) in [6.45, 7) is 4.13. The Labute approximate surface area is 145 Å². The fourth-order valence-corrected chi connectivity index (χ4v) is 2.05. The van der Waals surface area contributed by atoms with E-state index in [9.17, 15) is 4.79 Å². The van der Waals surface area contributed by atoms with Crippen molar-refractivity contribution in [2.24, 2.45) is 5.10 Å². The number of methoxy groups -OCH3 is 1. The highest BCUT2D eigenvalue weighted by molar-refractivity contribution is 7.80. The SMILES string of the molecule is C=CCNC(=S)N/N=C\c1ccc(-c2ccccc2C(=O)OC)o1. The normalized spacial score (nSPS) is 10.4. The number of hydrogen-bond acceptors (Lipinski definition) is 5. The molecular formula is C17H17N3O3S. The molecule has 0 aliphatic heterocycles. The van der Waals surface area contributed by atoms with E-state index in [0.29, 0.717) is 34.3 Å². The summed E-state index contributed by atoms with van der Waals surface area (Å²) in [5.74, 6) is 0.644. The second-order valence-corrected chi connectivity index (χ2v) is 5.02. The third kappa shape index (κ3) is 4.53. The number of nitrogens with zero attached hydrogens (tertiary/aromatic N) is 1. The maximum atomic E-state index is 11.8. The number of carbonyl (C=O) groups excluding carboxylic acids is 1. The van der Waals surface area contributed by atoms with Gasteiger partial charge in [0.1, 0.15) is 11.5 Å². The van der Waals surface area contributed by atoms with Crippen LogP contribution in [-0.4, -0.2) is 31.0 Å². The zero-order valence-corrected chi connectivity index (χ0v) is 13.9. The number of rotatable bonds is 6. The van der Waals surface area contributed by atoms with E-state index in [1.54, 1.807) is 36.4 Å². The van der Waals surface area contributed by atoms with Gasteiger partial charge in [0.2, 0.25) is 0 Å². The van der Waals surface area contributed by atoms with E-state index in [0.717, 1.165) is 0 Å². The Morgan fingerprint density at radius 3 is 2.92 bits per heavy atom. The second-order valence-electron chi connectivity index (χ2n) is 4.61. The summed E-state index contributed by atoms with van der Waals surface area (Å²) in [6, 6.07) is 10.6. The molecule has 0 atom stereocenters. The number of hydrogen-bond donors (Lipinski definition) is 2. The zero-order valence-electron chi connectivity index (χ0n) is 13.1. The van der Waals surface area contributed by atoms with Gasteiger partial charge in [-0.15, -0.1) is 6.58 Å². The van der Waals surface area contributed by atoms with E-state index in [2.05, 4.69) is 22.4 Å². The Balaban J connectivity index is 2.10. The Hall–Kier alpha value is -2.93. The van der Waals surface area contributed by atoms with E-state index in [1.807, 2.05) is 6.07 Å². The van der Waals surface area contributed by atoms with Crippen molar-refractivity contribution in [2.75, 3.05) is 13.7 Å². The van der Waals surface area contributed by atoms with Crippen molar-refractivity contribution in [1.29, 1.82) is 0 Å². The van der Waals surface area contributed by atoms with Gasteiger partial charge in [0, 0.05) is 12.1 Å². The van der Waals surface area contributed by atoms with Crippen molar-refractivity contribution in [2.45, 2.75) is 0 Å². The smallest absolute Gasteiger partial charge is 0.338 e. The van der Waals surface area contributed by atoms with Gasteiger partial charge in [0.15, 0.2) is 5.11 Å². The summed E-state index contributed by atoms with van der Waals surface area (Å²) in [7, 11) is 1.34. The monoisotopic (exact) mass is 343 g/mol. The number of hydrazone groups is 1. The lowest BCUT2D eigenvalue weighted by molar-refractivity contribution is 0.0601. The highest BCUT2D eigenvalue weighted by Gasteiger charge is 2.14. The van der Waals surface area contributed by atoms with Gasteiger partial charge in [-0.2, -0.15) is 5.10 Å². The van der Waals surface area contributed by atoms with Crippen molar-refractivity contribution in [3.8, 4) is 11.3 Å². The quantitative estimate of drug-likeness (QED) is 0.276. The van der Waals surface area contributed by atoms with Gasteiger partial charge in [-0.05, 0) is 30.4 Å². The molecule has 0 aliphatic rings. The Bertz CT molecular complexity index is 768. The first kappa shape index (κ1) is 17.4. The van der Waals surface area contributed by atoms with Crippen LogP contribution < -0.4 is 10.7 Å². The van der Waals surface area contributed by atoms with Gasteiger partial charge in [0.25, 0.3) is 0 Å². The molecule has 1 heterocycles. The maximum Gasteiger partial charge on any atom is 0.338 e. The summed E-state index contributed by atoms with van der Waals surface area (Å²) >= 11 is 5.01. The van der Waals surface area contributed by atoms with E-state index < -0.39 is 5.97 Å². The molecule has 0 aliphatic carbocycles. The van der Waals surface area contributed by atoms with Crippen molar-refractivity contribution in [1.82, 2.24) is 10.7 Å². The van der Waals surface area contributed by atoms with Crippen LogP contribution in [0.1, 0.15) is 16.1 Å². The third-order valence-electron chi connectivity index (χ3n) is 2.99. The Morgan fingerprint density at radius 1 is 1.38 bits per heavy atom. The number of furan rings is 1. The number of nitrogens with one attached hydrogen (secondary N) is 2. The molecule has 1 aromatic carbocycles. The summed E-state index contributed by atoms with van der Waals surface area (Å²) in [5, 5.41) is 7.24. The van der Waals surface area contributed by atoms with Crippen molar-refractivity contribution in [3.05, 3.63) is 60.4 Å². The van der Waals surface area contributed by atoms with E-state index in [4.69, 9.17) is 21.4 Å². The largest absolute Gasteiger partial charge is 0.465 e. The van der Waals surface area contributed by atoms with Gasteiger partial charge in [-0.1, -0.05) is 24.3 Å². The lowest BCUT2D eigenvalue weighted by atomic mass is 10.1. The molecule has 1 aromatic heterocycles. The average molecular weight is 343 g/mol. The fraction of sp³-hybridized carbons (Fsp3) is 0.118. The number of ether oxygens (including phenoxy) is 1. The third-order valence-corrected chi connectivity index (χ3v) is 3.23. The van der Waals surface area contributed by atoms with Crippen LogP contribution in [0.5, 0.6) is 0 Å². The molecule has 0 saturated heterocycles. The summed E-state index contributed by atoms with van der Waals surface area (Å²) < 4.78 is 10.5. The van der Waals surface area contributed by atoms with E-state index >= 15 is 0 Å². The predicted octanol–water partition coefficient (Wildman–Crippen LogP) is 2.72. The van der Waals surface area contributed by atoms with Crippen molar-refractivity contribution in [3.63, 3.8) is 0 Å². The minimum Gasteiger partial charge on any atom is -0.465 e. The Morgan fingerprint density at radius 2 is 2.17 bits per heavy atom. The molecule has 0 spiro atoms. The van der Waals surface area contributed by atoms with Crippen molar-refractivity contribution >= 4 is 29.5 Å². The van der Waals surface area contributed by atoms with E-state index in [-0.39, 0.29) is 0 Å². The lowest BCUT2D eigenvalue weighted by Gasteiger charge is -2.04. The number of benzene rings is 1. The fourth-order valence-electron chi connectivity index (χ4n) is 1.91. The van der Waals surface area contributed by atoms with Gasteiger partial charge in [-0.3, -0.25) is 5.43 Å². The van der Waals surface area contributed by atoms with Gasteiger partial charge >= 0.3 is 5.97 Å². The van der Waals surface area contributed by atoms with Crippen LogP contribution in [0.25, 0.3) is 11.3 Å². The first-order valence-corrected chi connectivity index (χ1v) is 7.52. The molecule has 2 aromatic rings. The summed E-state index contributed by atoms with van der Waals surface area (Å²) in [4.78, 5) is 11.8. The van der Waals surface area contributed by atoms with Crippen LogP contribution in [0.3, 0.4) is 0 Å². The summed E-state index contributed by atoms with van der Waals surface area (Å²) in [6.07, 6.45) is 3.18. The first-order chi connectivity index (χ1) is 11.7. The van der Waals surface area contributed by atoms with Crippen molar-refractivity contribution < 1.29 is 13.9 Å². The standard InChI is InChI=1S/C17H17N3O3S/c1-3-10-18-17(24)20-19-11-12-8-9-15(23-12)13-6-4-5-7-14(13)16(21)22-2/h3-9,11H,1,10H2,2H3,(H2,18,20,24)/b19-11-. The average Bonchev–Trinajstić information content (AvgIpc) is 3.08.